The number of aromatic amines is 1. The molecule has 0 aliphatic carbocycles. The number of methoxy groups -OCH3 is 1. The number of aromatic nitrogens is 8. The maximum atomic E-state index is 13.3. The molecular formula is C29H29ClN10O3. The lowest BCUT2D eigenvalue weighted by molar-refractivity contribution is -0.117. The van der Waals surface area contributed by atoms with Gasteiger partial charge in [-0.15, -0.1) is 5.10 Å². The summed E-state index contributed by atoms with van der Waals surface area (Å²) in [4.78, 5) is 32.6. The SMILES string of the molecule is COC(=O)Nc1ccc(-c2nc([C@H](Cc3cc(C)n(C)n3)NC(=O)/C=C/c3cc(C)ccc3-n3cnnn3)[nH]c2Cl)cc1. The van der Waals surface area contributed by atoms with Crippen molar-refractivity contribution in [2.24, 2.45) is 7.05 Å². The van der Waals surface area contributed by atoms with E-state index in [0.717, 1.165) is 33.8 Å². The first-order valence-electron chi connectivity index (χ1n) is 13.2. The molecule has 3 aromatic heterocycles. The number of benzene rings is 2. The fourth-order valence-electron chi connectivity index (χ4n) is 4.44. The Labute approximate surface area is 251 Å². The van der Waals surface area contributed by atoms with Gasteiger partial charge in [-0.25, -0.2) is 9.78 Å². The average molecular weight is 601 g/mol. The molecule has 0 saturated heterocycles. The molecule has 3 heterocycles. The zero-order valence-corrected chi connectivity index (χ0v) is 24.6. The summed E-state index contributed by atoms with van der Waals surface area (Å²) in [6.07, 6.45) is 4.46. The van der Waals surface area contributed by atoms with E-state index in [9.17, 15) is 9.59 Å². The van der Waals surface area contributed by atoms with Crippen LogP contribution in [0.15, 0.2) is 60.9 Å². The molecule has 13 nitrogen and oxygen atoms in total. The van der Waals surface area contributed by atoms with E-state index >= 15 is 0 Å². The highest BCUT2D eigenvalue weighted by atomic mass is 35.5. The van der Waals surface area contributed by atoms with Gasteiger partial charge in [0.1, 0.15) is 23.0 Å². The molecule has 0 aliphatic rings. The summed E-state index contributed by atoms with van der Waals surface area (Å²) in [5, 5.41) is 21.9. The second-order valence-corrected chi connectivity index (χ2v) is 10.2. The van der Waals surface area contributed by atoms with Gasteiger partial charge in [0.2, 0.25) is 5.91 Å². The quantitative estimate of drug-likeness (QED) is 0.211. The van der Waals surface area contributed by atoms with Crippen molar-refractivity contribution in [2.45, 2.75) is 26.3 Å². The minimum Gasteiger partial charge on any atom is -0.453 e. The van der Waals surface area contributed by atoms with Gasteiger partial charge >= 0.3 is 6.09 Å². The minimum absolute atomic E-state index is 0.307. The van der Waals surface area contributed by atoms with E-state index in [1.54, 1.807) is 35.0 Å². The number of imidazole rings is 1. The molecule has 43 heavy (non-hydrogen) atoms. The van der Waals surface area contributed by atoms with Crippen LogP contribution >= 0.6 is 11.6 Å². The van der Waals surface area contributed by atoms with Crippen LogP contribution in [0, 0.1) is 13.8 Å². The third kappa shape index (κ3) is 6.96. The number of halogens is 1. The van der Waals surface area contributed by atoms with E-state index in [1.165, 1.54) is 24.2 Å². The van der Waals surface area contributed by atoms with E-state index in [1.807, 2.05) is 45.2 Å². The minimum atomic E-state index is -0.575. The van der Waals surface area contributed by atoms with Gasteiger partial charge in [-0.3, -0.25) is 14.8 Å². The lowest BCUT2D eigenvalue weighted by Crippen LogP contribution is -2.29. The summed E-state index contributed by atoms with van der Waals surface area (Å²) < 4.78 is 7.94. The van der Waals surface area contributed by atoms with Crippen LogP contribution in [-0.2, 0) is 23.0 Å². The van der Waals surface area contributed by atoms with Crippen LogP contribution in [0.1, 0.15) is 34.4 Å². The summed E-state index contributed by atoms with van der Waals surface area (Å²) in [7, 11) is 3.16. The Hall–Kier alpha value is -5.30. The van der Waals surface area contributed by atoms with E-state index in [0.29, 0.717) is 28.8 Å². The predicted octanol–water partition coefficient (Wildman–Crippen LogP) is 4.35. The smallest absolute Gasteiger partial charge is 0.411 e. The maximum absolute atomic E-state index is 13.3. The maximum Gasteiger partial charge on any atom is 0.411 e. The van der Waals surface area contributed by atoms with Gasteiger partial charge in [0.15, 0.2) is 0 Å². The Morgan fingerprint density at radius 2 is 1.93 bits per heavy atom. The number of aryl methyl sites for hydroxylation is 3. The number of amides is 2. The monoisotopic (exact) mass is 600 g/mol. The Bertz CT molecular complexity index is 1760. The van der Waals surface area contributed by atoms with Crippen LogP contribution in [0.2, 0.25) is 5.15 Å². The van der Waals surface area contributed by atoms with E-state index in [2.05, 4.69) is 41.0 Å². The molecule has 0 fully saturated rings. The molecule has 0 radical (unpaired) electrons. The number of nitrogens with zero attached hydrogens (tertiary/aromatic N) is 7. The van der Waals surface area contributed by atoms with E-state index in [-0.39, 0.29) is 5.91 Å². The lowest BCUT2D eigenvalue weighted by Gasteiger charge is -2.15. The van der Waals surface area contributed by atoms with Crippen molar-refractivity contribution in [1.29, 1.82) is 0 Å². The summed E-state index contributed by atoms with van der Waals surface area (Å²) in [5.74, 6) is 0.126. The van der Waals surface area contributed by atoms with Crippen molar-refractivity contribution in [3.05, 3.63) is 94.4 Å². The number of hydrogen-bond acceptors (Lipinski definition) is 8. The number of carbonyl (C=O) groups is 2. The molecule has 3 N–H and O–H groups in total. The summed E-state index contributed by atoms with van der Waals surface area (Å²) in [6.45, 7) is 3.92. The zero-order valence-electron chi connectivity index (χ0n) is 23.9. The van der Waals surface area contributed by atoms with Gasteiger partial charge in [-0.05, 0) is 60.7 Å². The van der Waals surface area contributed by atoms with Crippen molar-refractivity contribution >= 4 is 35.4 Å². The van der Waals surface area contributed by atoms with Crippen LogP contribution < -0.4 is 10.6 Å². The molecule has 0 saturated carbocycles. The van der Waals surface area contributed by atoms with Crippen molar-refractivity contribution < 1.29 is 14.3 Å². The molecule has 0 aliphatic heterocycles. The summed E-state index contributed by atoms with van der Waals surface area (Å²) >= 11 is 6.59. The second kappa shape index (κ2) is 12.7. The van der Waals surface area contributed by atoms with Crippen molar-refractivity contribution in [3.63, 3.8) is 0 Å². The van der Waals surface area contributed by atoms with Crippen LogP contribution in [0.4, 0.5) is 10.5 Å². The fourth-order valence-corrected chi connectivity index (χ4v) is 4.69. The lowest BCUT2D eigenvalue weighted by atomic mass is 10.1. The largest absolute Gasteiger partial charge is 0.453 e. The molecule has 1 atom stereocenters. The first-order valence-corrected chi connectivity index (χ1v) is 13.6. The van der Waals surface area contributed by atoms with Gasteiger partial charge in [0.05, 0.1) is 24.5 Å². The third-order valence-corrected chi connectivity index (χ3v) is 6.96. The predicted molar refractivity (Wildman–Crippen MR) is 161 cm³/mol. The van der Waals surface area contributed by atoms with Crippen molar-refractivity contribution in [3.8, 4) is 16.9 Å². The van der Waals surface area contributed by atoms with Crippen molar-refractivity contribution in [2.75, 3.05) is 12.4 Å². The van der Waals surface area contributed by atoms with Crippen LogP contribution in [-0.4, -0.2) is 59.1 Å². The average Bonchev–Trinajstić information content (AvgIpc) is 3.73. The molecule has 2 amide bonds. The number of ether oxygens (including phenoxy) is 1. The summed E-state index contributed by atoms with van der Waals surface area (Å²) in [6, 6.07) is 14.1. The van der Waals surface area contributed by atoms with Crippen molar-refractivity contribution in [1.82, 2.24) is 45.3 Å². The normalized spacial score (nSPS) is 11.9. The van der Waals surface area contributed by atoms with Gasteiger partial charge in [-0.1, -0.05) is 35.4 Å². The van der Waals surface area contributed by atoms with Crippen LogP contribution in [0.3, 0.4) is 0 Å². The molecule has 0 bridgehead atoms. The van der Waals surface area contributed by atoms with Crippen LogP contribution in [0.25, 0.3) is 23.0 Å². The molecule has 2 aromatic carbocycles. The number of H-pyrrole nitrogens is 1. The first-order chi connectivity index (χ1) is 20.7. The Morgan fingerprint density at radius 1 is 1.14 bits per heavy atom. The standard InChI is InChI=1S/C29H29ClN10O3/c1-17-5-11-24(40-16-31-37-38-40)20(13-17)8-12-25(41)33-23(15-22-14-18(2)39(3)36-22)28-34-26(27(30)35-28)19-6-9-21(10-7-19)32-29(42)43-4/h5-14,16,23H,15H2,1-4H3,(H,32,42)(H,33,41)(H,34,35)/b12-8+/t23-/m0/s1. The summed E-state index contributed by atoms with van der Waals surface area (Å²) in [5.41, 5.74) is 6.06. The highest BCUT2D eigenvalue weighted by Gasteiger charge is 2.22. The molecule has 220 valence electrons. The number of carbonyl (C=O) groups excluding carboxylic acids is 2. The second-order valence-electron chi connectivity index (χ2n) is 9.79. The Kier molecular flexibility index (Phi) is 8.62. The number of tetrazole rings is 1. The van der Waals surface area contributed by atoms with Crippen LogP contribution in [0.5, 0.6) is 0 Å². The molecule has 0 spiro atoms. The molecule has 0 unspecified atom stereocenters. The highest BCUT2D eigenvalue weighted by molar-refractivity contribution is 6.31. The number of hydrogen-bond donors (Lipinski definition) is 3. The van der Waals surface area contributed by atoms with E-state index in [4.69, 9.17) is 16.6 Å². The topological polar surface area (TPSA) is 158 Å². The van der Waals surface area contributed by atoms with E-state index < -0.39 is 12.1 Å². The Morgan fingerprint density at radius 3 is 2.60 bits per heavy atom. The fraction of sp³-hybridized carbons (Fsp3) is 0.207. The zero-order chi connectivity index (χ0) is 30.5. The van der Waals surface area contributed by atoms with Gasteiger partial charge in [0.25, 0.3) is 0 Å². The third-order valence-electron chi connectivity index (χ3n) is 6.69. The van der Waals surface area contributed by atoms with Gasteiger partial charge < -0.3 is 15.0 Å². The molecular weight excluding hydrogens is 572 g/mol. The molecule has 5 rings (SSSR count). The highest BCUT2D eigenvalue weighted by Crippen LogP contribution is 2.29. The number of nitrogens with one attached hydrogen (secondary N) is 3. The number of rotatable bonds is 9. The first kappa shape index (κ1) is 29.2. The Balaban J connectivity index is 1.41. The van der Waals surface area contributed by atoms with Gasteiger partial charge in [-0.2, -0.15) is 9.78 Å². The van der Waals surface area contributed by atoms with Gasteiger partial charge in [0, 0.05) is 42.1 Å². The molecule has 14 heteroatoms. The molecule has 5 aromatic rings. The number of anilines is 1.